The van der Waals surface area contributed by atoms with Gasteiger partial charge in [-0.1, -0.05) is 0 Å². The van der Waals surface area contributed by atoms with Crippen molar-refractivity contribution in [2.45, 2.75) is 69.6 Å². The van der Waals surface area contributed by atoms with Gasteiger partial charge in [0.15, 0.2) is 15.5 Å². The number of hydrogen-bond acceptors (Lipinski definition) is 9. The van der Waals surface area contributed by atoms with Crippen molar-refractivity contribution in [2.75, 3.05) is 22.1 Å². The molecule has 2 amide bonds. The summed E-state index contributed by atoms with van der Waals surface area (Å²) in [6.45, 7) is 0. The van der Waals surface area contributed by atoms with Crippen LogP contribution in [0.3, 0.4) is 0 Å². The number of aromatic nitrogens is 4. The summed E-state index contributed by atoms with van der Waals surface area (Å²) in [6, 6.07) is 0.239. The molecule has 206 valence electrons. The number of nitrogens with zero attached hydrogens (tertiary/aromatic N) is 4. The molecule has 1 aliphatic heterocycles. The minimum absolute atomic E-state index is 0.0191. The molecule has 0 unspecified atom stereocenters. The topological polar surface area (TPSA) is 147 Å². The lowest BCUT2D eigenvalue weighted by atomic mass is 9.87. The van der Waals surface area contributed by atoms with Crippen LogP contribution in [0.2, 0.25) is 0 Å². The molecule has 2 aliphatic carbocycles. The maximum absolute atomic E-state index is 12.4. The van der Waals surface area contributed by atoms with Crippen LogP contribution in [0, 0.1) is 5.92 Å². The van der Waals surface area contributed by atoms with Crippen molar-refractivity contribution in [3.05, 3.63) is 17.3 Å². The van der Waals surface area contributed by atoms with E-state index < -0.39 is 34.1 Å². The van der Waals surface area contributed by atoms with Crippen molar-refractivity contribution in [1.82, 2.24) is 24.9 Å². The van der Waals surface area contributed by atoms with Gasteiger partial charge in [-0.25, -0.2) is 8.42 Å². The van der Waals surface area contributed by atoms with Crippen LogP contribution in [-0.4, -0.2) is 69.6 Å². The minimum Gasteiger partial charge on any atom is -0.351 e. The Bertz CT molecular complexity index is 1380. The highest BCUT2D eigenvalue weighted by molar-refractivity contribution is 7.91. The van der Waals surface area contributed by atoms with Crippen molar-refractivity contribution >= 4 is 45.3 Å². The van der Waals surface area contributed by atoms with Gasteiger partial charge < -0.3 is 10.6 Å². The van der Waals surface area contributed by atoms with Crippen LogP contribution < -0.4 is 16.0 Å². The van der Waals surface area contributed by atoms with Crippen molar-refractivity contribution in [3.63, 3.8) is 0 Å². The molecule has 0 aromatic carbocycles. The van der Waals surface area contributed by atoms with E-state index in [2.05, 4.69) is 31.0 Å². The minimum atomic E-state index is -4.49. The van der Waals surface area contributed by atoms with Crippen LogP contribution in [0.1, 0.15) is 56.9 Å². The first-order valence-electron chi connectivity index (χ1n) is 12.5. The molecule has 2 aromatic heterocycles. The van der Waals surface area contributed by atoms with E-state index in [1.165, 1.54) is 0 Å². The first kappa shape index (κ1) is 26.4. The molecule has 0 bridgehead atoms. The van der Waals surface area contributed by atoms with Crippen LogP contribution in [0.15, 0.2) is 11.8 Å². The summed E-state index contributed by atoms with van der Waals surface area (Å²) < 4.78 is 63.1. The molecule has 11 nitrogen and oxygen atoms in total. The Balaban J connectivity index is 1.28. The number of rotatable bonds is 9. The van der Waals surface area contributed by atoms with Gasteiger partial charge in [0.1, 0.15) is 0 Å². The van der Waals surface area contributed by atoms with Crippen LogP contribution in [-0.2, 0) is 19.4 Å². The number of amides is 2. The highest BCUT2D eigenvalue weighted by Gasteiger charge is 2.32. The normalized spacial score (nSPS) is 23.7. The van der Waals surface area contributed by atoms with Gasteiger partial charge in [-0.15, -0.1) is 0 Å². The first-order chi connectivity index (χ1) is 17.9. The Morgan fingerprint density at radius 1 is 1.05 bits per heavy atom. The second kappa shape index (κ2) is 10.2. The van der Waals surface area contributed by atoms with Gasteiger partial charge in [0.2, 0.25) is 17.8 Å². The maximum atomic E-state index is 12.4. The van der Waals surface area contributed by atoms with Crippen LogP contribution in [0.4, 0.5) is 25.1 Å². The number of alkyl halides is 3. The zero-order valence-electron chi connectivity index (χ0n) is 20.4. The van der Waals surface area contributed by atoms with E-state index >= 15 is 0 Å². The molecule has 3 heterocycles. The SMILES string of the molecule is O=C1C/C(=C\c2cnn3c(NC4CC4)nc(NC4CCC(CS(=O)(=O)CCC(F)(F)F)CC4)nc23)C(=O)N1. The van der Waals surface area contributed by atoms with E-state index in [0.29, 0.717) is 54.4 Å². The number of fused-ring (bicyclic) bond motifs is 1. The molecule has 38 heavy (non-hydrogen) atoms. The Morgan fingerprint density at radius 3 is 2.37 bits per heavy atom. The van der Waals surface area contributed by atoms with Crippen molar-refractivity contribution in [2.24, 2.45) is 5.92 Å². The smallest absolute Gasteiger partial charge is 0.351 e. The summed E-state index contributed by atoms with van der Waals surface area (Å²) in [7, 11) is -3.78. The predicted molar refractivity (Wildman–Crippen MR) is 132 cm³/mol. The maximum Gasteiger partial charge on any atom is 0.390 e. The zero-order valence-corrected chi connectivity index (χ0v) is 21.2. The summed E-state index contributed by atoms with van der Waals surface area (Å²) in [5.41, 5.74) is 1.33. The van der Waals surface area contributed by atoms with Gasteiger partial charge >= 0.3 is 6.18 Å². The third-order valence-corrected chi connectivity index (χ3v) is 8.70. The van der Waals surface area contributed by atoms with Crippen LogP contribution >= 0.6 is 0 Å². The molecule has 0 atom stereocenters. The van der Waals surface area contributed by atoms with Crippen LogP contribution in [0.25, 0.3) is 11.7 Å². The summed E-state index contributed by atoms with van der Waals surface area (Å²) in [5.74, 6) is -1.29. The Hall–Kier alpha value is -3.23. The van der Waals surface area contributed by atoms with Crippen molar-refractivity contribution in [3.8, 4) is 0 Å². The molecular formula is C23H28F3N7O4S. The lowest BCUT2D eigenvalue weighted by molar-refractivity contribution is -0.130. The van der Waals surface area contributed by atoms with Gasteiger partial charge in [0.25, 0.3) is 5.91 Å². The molecule has 5 rings (SSSR count). The molecule has 15 heteroatoms. The average Bonchev–Trinajstić information content (AvgIpc) is 3.47. The van der Waals surface area contributed by atoms with Gasteiger partial charge in [-0.3, -0.25) is 14.9 Å². The first-order valence-corrected chi connectivity index (χ1v) is 14.4. The molecule has 3 N–H and O–H groups in total. The molecule has 2 aromatic rings. The van der Waals surface area contributed by atoms with Crippen molar-refractivity contribution < 1.29 is 31.2 Å². The largest absolute Gasteiger partial charge is 0.390 e. The number of carbonyl (C=O) groups is 2. The highest BCUT2D eigenvalue weighted by atomic mass is 32.2. The number of halogens is 3. The molecule has 3 fully saturated rings. The second-order valence-corrected chi connectivity index (χ2v) is 12.4. The van der Waals surface area contributed by atoms with E-state index in [9.17, 15) is 31.2 Å². The number of sulfone groups is 1. The van der Waals surface area contributed by atoms with E-state index in [1.807, 2.05) is 0 Å². The standard InChI is InChI=1S/C23H28F3N7O4S/c24-23(25,26)7-8-38(36,37)12-13-1-3-16(4-2-13)28-21-31-19-15(9-14-10-18(34)30-20(14)35)11-27-33(19)22(32-21)29-17-5-6-17/h9,11,13,16-17H,1-8,10,12H2,(H,30,34,35)(H2,28,29,31,32)/b14-9+. The number of nitrogens with one attached hydrogen (secondary N) is 3. The third-order valence-electron chi connectivity index (χ3n) is 6.90. The van der Waals surface area contributed by atoms with Crippen molar-refractivity contribution in [1.29, 1.82) is 0 Å². The molecular weight excluding hydrogens is 527 g/mol. The average molecular weight is 556 g/mol. The molecule has 2 saturated carbocycles. The Kier molecular flexibility index (Phi) is 7.05. The molecule has 1 saturated heterocycles. The van der Waals surface area contributed by atoms with Gasteiger partial charge in [0.05, 0.1) is 30.5 Å². The van der Waals surface area contributed by atoms with Gasteiger partial charge in [-0.2, -0.15) is 32.8 Å². The number of carbonyl (C=O) groups excluding carboxylic acids is 2. The summed E-state index contributed by atoms with van der Waals surface area (Å²) in [6.07, 6.45) is 1.69. The van der Waals surface area contributed by atoms with E-state index in [0.717, 1.165) is 12.8 Å². The van der Waals surface area contributed by atoms with Gasteiger partial charge in [-0.05, 0) is 50.5 Å². The lowest BCUT2D eigenvalue weighted by Crippen LogP contribution is -2.31. The number of anilines is 2. The molecule has 0 radical (unpaired) electrons. The summed E-state index contributed by atoms with van der Waals surface area (Å²) in [5, 5.41) is 13.2. The monoisotopic (exact) mass is 555 g/mol. The summed E-state index contributed by atoms with van der Waals surface area (Å²) >= 11 is 0. The fourth-order valence-electron chi connectivity index (χ4n) is 4.74. The van der Waals surface area contributed by atoms with Gasteiger partial charge in [0, 0.05) is 23.2 Å². The fraction of sp³-hybridized carbons (Fsp3) is 0.609. The third kappa shape index (κ3) is 6.60. The number of imide groups is 1. The molecule has 0 spiro atoms. The van der Waals surface area contributed by atoms with E-state index in [1.54, 1.807) is 16.8 Å². The fourth-order valence-corrected chi connectivity index (χ4v) is 6.50. The zero-order chi connectivity index (χ0) is 27.1. The predicted octanol–water partition coefficient (Wildman–Crippen LogP) is 2.47. The quantitative estimate of drug-likeness (QED) is 0.314. The highest BCUT2D eigenvalue weighted by Crippen LogP contribution is 2.30. The summed E-state index contributed by atoms with van der Waals surface area (Å²) in [4.78, 5) is 32.8. The van der Waals surface area contributed by atoms with Crippen LogP contribution in [0.5, 0.6) is 0 Å². The van der Waals surface area contributed by atoms with E-state index in [-0.39, 0.29) is 36.1 Å². The molecule has 3 aliphatic rings. The Morgan fingerprint density at radius 2 is 1.74 bits per heavy atom. The number of hydrogen-bond donors (Lipinski definition) is 3. The Labute approximate surface area is 216 Å². The lowest BCUT2D eigenvalue weighted by Gasteiger charge is -2.29. The van der Waals surface area contributed by atoms with E-state index in [4.69, 9.17) is 0 Å². The second-order valence-electron chi connectivity index (χ2n) is 10.2.